The summed E-state index contributed by atoms with van der Waals surface area (Å²) >= 11 is 0. The van der Waals surface area contributed by atoms with Gasteiger partial charge in [0.15, 0.2) is 5.71 Å². The van der Waals surface area contributed by atoms with Crippen molar-refractivity contribution in [2.45, 2.75) is 0 Å². The van der Waals surface area contributed by atoms with Gasteiger partial charge in [-0.25, -0.2) is 4.79 Å². The Bertz CT molecular complexity index is 195. The fraction of sp³-hybridized carbons (Fsp3) is 0.200. The molecule has 0 fully saturated rings. The number of aliphatic carboxylic acids is 1. The lowest BCUT2D eigenvalue weighted by Crippen LogP contribution is -2.12. The van der Waals surface area contributed by atoms with Gasteiger partial charge in [-0.05, 0) is 0 Å². The van der Waals surface area contributed by atoms with Crippen LogP contribution in [0.3, 0.4) is 0 Å². The predicted octanol–water partition coefficient (Wildman–Crippen LogP) is -0.414. The summed E-state index contributed by atoms with van der Waals surface area (Å²) in [5.74, 6) is -1.02. The van der Waals surface area contributed by atoms with Crippen LogP contribution in [0.2, 0.25) is 0 Å². The molecule has 0 aromatic rings. The maximum atomic E-state index is 10.2. The van der Waals surface area contributed by atoms with E-state index in [1.807, 2.05) is 0 Å². The zero-order chi connectivity index (χ0) is 6.85. The molecule has 48 valence electrons. The summed E-state index contributed by atoms with van der Waals surface area (Å²) in [6.07, 6.45) is 0. The molecule has 2 N–H and O–H groups in total. The number of nitrogens with zero attached hydrogens (tertiary/aromatic N) is 1. The Balaban J connectivity index is 2.80. The van der Waals surface area contributed by atoms with Gasteiger partial charge in [0.25, 0.3) is 0 Å². The highest BCUT2D eigenvalue weighted by Gasteiger charge is 2.17. The van der Waals surface area contributed by atoms with Crippen LogP contribution in [0.4, 0.5) is 0 Å². The minimum absolute atomic E-state index is 0.0370. The van der Waals surface area contributed by atoms with Gasteiger partial charge in [0, 0.05) is 5.57 Å². The van der Waals surface area contributed by atoms with Gasteiger partial charge in [0.05, 0.1) is 6.54 Å². The van der Waals surface area contributed by atoms with Crippen LogP contribution in [-0.2, 0) is 4.79 Å². The molecule has 0 saturated heterocycles. The third-order valence-corrected chi connectivity index (χ3v) is 1.02. The molecule has 1 aliphatic rings. The summed E-state index contributed by atoms with van der Waals surface area (Å²) in [6, 6.07) is 0. The summed E-state index contributed by atoms with van der Waals surface area (Å²) in [5.41, 5.74) is 3.08. The Morgan fingerprint density at radius 2 is 2.56 bits per heavy atom. The van der Waals surface area contributed by atoms with Gasteiger partial charge in [0.1, 0.15) is 0 Å². The molecule has 4 nitrogen and oxygen atoms in total. The van der Waals surface area contributed by atoms with Crippen molar-refractivity contribution in [1.29, 1.82) is 0 Å². The van der Waals surface area contributed by atoms with E-state index in [0.29, 0.717) is 12.1 Å². The molecular formula is C5H6N2O2. The van der Waals surface area contributed by atoms with Gasteiger partial charge in [0.2, 0.25) is 0 Å². The molecule has 1 heterocycles. The fourth-order valence-corrected chi connectivity index (χ4v) is 0.576. The zero-order valence-corrected chi connectivity index (χ0v) is 4.72. The first-order chi connectivity index (χ1) is 4.22. The van der Waals surface area contributed by atoms with Gasteiger partial charge in [-0.1, -0.05) is 6.58 Å². The second kappa shape index (κ2) is 1.89. The predicted molar refractivity (Wildman–Crippen MR) is 32.2 cm³/mol. The number of carboxylic acids is 1. The van der Waals surface area contributed by atoms with Crippen molar-refractivity contribution in [3.05, 3.63) is 12.2 Å². The summed E-state index contributed by atoms with van der Waals surface area (Å²) < 4.78 is 0. The van der Waals surface area contributed by atoms with E-state index in [9.17, 15) is 4.79 Å². The SMILES string of the molecule is C=C1CNN=C1C(=O)O. The first-order valence-corrected chi connectivity index (χ1v) is 2.44. The molecule has 0 aliphatic carbocycles. The second-order valence-electron chi connectivity index (χ2n) is 1.70. The molecule has 0 unspecified atom stereocenters. The maximum Gasteiger partial charge on any atom is 0.356 e. The topological polar surface area (TPSA) is 61.7 Å². The second-order valence-corrected chi connectivity index (χ2v) is 1.70. The average molecular weight is 126 g/mol. The van der Waals surface area contributed by atoms with Crippen LogP contribution in [0.15, 0.2) is 17.3 Å². The summed E-state index contributed by atoms with van der Waals surface area (Å²) in [5, 5.41) is 11.8. The van der Waals surface area contributed by atoms with E-state index in [0.717, 1.165) is 0 Å². The molecule has 0 radical (unpaired) electrons. The number of hydrogen-bond donors (Lipinski definition) is 2. The van der Waals surface area contributed by atoms with E-state index in [1.54, 1.807) is 0 Å². The summed E-state index contributed by atoms with van der Waals surface area (Å²) in [6.45, 7) is 3.93. The molecule has 0 spiro atoms. The number of carbonyl (C=O) groups is 1. The number of hydrazone groups is 1. The minimum Gasteiger partial charge on any atom is -0.476 e. The molecule has 0 amide bonds. The van der Waals surface area contributed by atoms with Crippen molar-refractivity contribution < 1.29 is 9.90 Å². The standard InChI is InChI=1S/C5H6N2O2/c1-3-2-6-7-4(3)5(8)9/h6H,1-2H2,(H,8,9). The Kier molecular flexibility index (Phi) is 1.22. The minimum atomic E-state index is -1.02. The van der Waals surface area contributed by atoms with Crippen molar-refractivity contribution in [2.24, 2.45) is 5.10 Å². The molecule has 1 aliphatic heterocycles. The number of rotatable bonds is 1. The number of carboxylic acid groups (broad SMARTS) is 1. The lowest BCUT2D eigenvalue weighted by molar-refractivity contribution is -0.129. The molecule has 4 heteroatoms. The lowest BCUT2D eigenvalue weighted by Gasteiger charge is -1.88. The van der Waals surface area contributed by atoms with Gasteiger partial charge in [-0.2, -0.15) is 5.10 Å². The van der Waals surface area contributed by atoms with E-state index in [1.165, 1.54) is 0 Å². The molecule has 0 atom stereocenters. The van der Waals surface area contributed by atoms with Crippen molar-refractivity contribution >= 4 is 11.7 Å². The fourth-order valence-electron chi connectivity index (χ4n) is 0.576. The molecule has 0 saturated carbocycles. The van der Waals surface area contributed by atoms with Crippen molar-refractivity contribution in [3.63, 3.8) is 0 Å². The van der Waals surface area contributed by atoms with Gasteiger partial charge >= 0.3 is 5.97 Å². The Morgan fingerprint density at radius 3 is 2.78 bits per heavy atom. The van der Waals surface area contributed by atoms with Crippen LogP contribution in [-0.4, -0.2) is 23.3 Å². The van der Waals surface area contributed by atoms with Crippen LogP contribution < -0.4 is 5.43 Å². The van der Waals surface area contributed by atoms with Crippen molar-refractivity contribution in [3.8, 4) is 0 Å². The van der Waals surface area contributed by atoms with E-state index in [-0.39, 0.29) is 5.71 Å². The average Bonchev–Trinajstić information content (AvgIpc) is 2.13. The summed E-state index contributed by atoms with van der Waals surface area (Å²) in [4.78, 5) is 10.2. The lowest BCUT2D eigenvalue weighted by atomic mass is 10.2. The highest BCUT2D eigenvalue weighted by Crippen LogP contribution is 1.99. The van der Waals surface area contributed by atoms with Crippen molar-refractivity contribution in [1.82, 2.24) is 5.43 Å². The molecule has 0 aromatic heterocycles. The smallest absolute Gasteiger partial charge is 0.356 e. The summed E-state index contributed by atoms with van der Waals surface area (Å²) in [7, 11) is 0. The highest BCUT2D eigenvalue weighted by atomic mass is 16.4. The van der Waals surface area contributed by atoms with E-state index in [4.69, 9.17) is 5.11 Å². The number of hydrogen-bond acceptors (Lipinski definition) is 3. The Hall–Kier alpha value is -1.32. The first-order valence-electron chi connectivity index (χ1n) is 2.44. The Labute approximate surface area is 51.9 Å². The highest BCUT2D eigenvalue weighted by molar-refractivity contribution is 6.42. The van der Waals surface area contributed by atoms with Crippen LogP contribution in [0.5, 0.6) is 0 Å². The van der Waals surface area contributed by atoms with Gasteiger partial charge in [-0.15, -0.1) is 0 Å². The van der Waals surface area contributed by atoms with Gasteiger partial charge < -0.3 is 10.5 Å². The first kappa shape index (κ1) is 5.81. The quantitative estimate of drug-likeness (QED) is 0.502. The van der Waals surface area contributed by atoms with E-state index in [2.05, 4.69) is 17.1 Å². The molecule has 0 bridgehead atoms. The Morgan fingerprint density at radius 1 is 1.89 bits per heavy atom. The molecular weight excluding hydrogens is 120 g/mol. The normalized spacial score (nSPS) is 16.9. The third kappa shape index (κ3) is 0.910. The third-order valence-electron chi connectivity index (χ3n) is 1.02. The monoisotopic (exact) mass is 126 g/mol. The molecule has 1 rings (SSSR count). The van der Waals surface area contributed by atoms with Crippen LogP contribution in [0, 0.1) is 0 Å². The zero-order valence-electron chi connectivity index (χ0n) is 4.72. The van der Waals surface area contributed by atoms with Crippen LogP contribution >= 0.6 is 0 Å². The molecule has 9 heavy (non-hydrogen) atoms. The van der Waals surface area contributed by atoms with Crippen molar-refractivity contribution in [2.75, 3.05) is 6.54 Å². The maximum absolute atomic E-state index is 10.2. The van der Waals surface area contributed by atoms with E-state index >= 15 is 0 Å². The van der Waals surface area contributed by atoms with Gasteiger partial charge in [-0.3, -0.25) is 0 Å². The molecule has 0 aromatic carbocycles. The van der Waals surface area contributed by atoms with Crippen LogP contribution in [0.1, 0.15) is 0 Å². The largest absolute Gasteiger partial charge is 0.476 e. The van der Waals surface area contributed by atoms with Crippen LogP contribution in [0.25, 0.3) is 0 Å². The van der Waals surface area contributed by atoms with E-state index < -0.39 is 5.97 Å². The number of nitrogens with one attached hydrogen (secondary N) is 1.